The van der Waals surface area contributed by atoms with Gasteiger partial charge in [-0.3, -0.25) is 4.68 Å². The fourth-order valence-electron chi connectivity index (χ4n) is 2.93. The molecule has 1 aliphatic carbocycles. The smallest absolute Gasteiger partial charge is 0.0692 e. The van der Waals surface area contributed by atoms with Crippen molar-refractivity contribution in [2.45, 2.75) is 45.1 Å². The van der Waals surface area contributed by atoms with Crippen LogP contribution in [0.25, 0.3) is 0 Å². The molecule has 3 nitrogen and oxygen atoms in total. The first-order chi connectivity index (χ1) is 8.22. The molecule has 0 aliphatic heterocycles. The quantitative estimate of drug-likeness (QED) is 0.903. The number of halogens is 1. The summed E-state index contributed by atoms with van der Waals surface area (Å²) in [5.41, 5.74) is 1.29. The molecule has 1 heterocycles. The second-order valence-electron chi connectivity index (χ2n) is 5.00. The van der Waals surface area contributed by atoms with Crippen LogP contribution in [0.2, 0.25) is 0 Å². The Morgan fingerprint density at radius 1 is 1.53 bits per heavy atom. The molecule has 1 aromatic heterocycles. The Hall–Kier alpha value is -0.350. The third-order valence-corrected chi connectivity index (χ3v) is 4.37. The summed E-state index contributed by atoms with van der Waals surface area (Å²) in [7, 11) is 2.03. The van der Waals surface area contributed by atoms with Gasteiger partial charge in [0.15, 0.2) is 0 Å². The molecule has 0 spiro atoms. The molecule has 1 unspecified atom stereocenters. The summed E-state index contributed by atoms with van der Waals surface area (Å²) in [5.74, 6) is 0.890. The molecule has 0 bridgehead atoms. The summed E-state index contributed by atoms with van der Waals surface area (Å²) >= 11 is 3.61. The van der Waals surface area contributed by atoms with Gasteiger partial charge in [0.2, 0.25) is 0 Å². The predicted molar refractivity (Wildman–Crippen MR) is 73.9 cm³/mol. The Labute approximate surface area is 112 Å². The van der Waals surface area contributed by atoms with E-state index in [1.54, 1.807) is 0 Å². The minimum Gasteiger partial charge on any atom is -0.309 e. The average molecular weight is 300 g/mol. The van der Waals surface area contributed by atoms with Crippen molar-refractivity contribution in [1.29, 1.82) is 0 Å². The monoisotopic (exact) mass is 299 g/mol. The molecule has 0 amide bonds. The summed E-state index contributed by atoms with van der Waals surface area (Å²) in [6.45, 7) is 3.18. The summed E-state index contributed by atoms with van der Waals surface area (Å²) < 4.78 is 3.12. The lowest BCUT2D eigenvalue weighted by molar-refractivity contribution is 0.384. The molecular formula is C13H22BrN3. The third kappa shape index (κ3) is 3.10. The van der Waals surface area contributed by atoms with E-state index in [1.807, 2.05) is 17.9 Å². The van der Waals surface area contributed by atoms with Crippen LogP contribution < -0.4 is 5.32 Å². The van der Waals surface area contributed by atoms with Gasteiger partial charge in [0.1, 0.15) is 0 Å². The van der Waals surface area contributed by atoms with Gasteiger partial charge in [-0.05, 0) is 34.8 Å². The molecule has 0 radical (unpaired) electrons. The van der Waals surface area contributed by atoms with Crippen molar-refractivity contribution in [2.24, 2.45) is 13.0 Å². The Bertz CT molecular complexity index is 336. The standard InChI is InChI=1S/C13H22BrN3/c1-3-15-12(8-10-6-4-5-7-10)13-11(14)9-16-17(13)2/h9-10,12,15H,3-8H2,1-2H3. The Morgan fingerprint density at radius 3 is 2.76 bits per heavy atom. The maximum Gasteiger partial charge on any atom is 0.0692 e. The molecule has 2 rings (SSSR count). The normalized spacial score (nSPS) is 18.8. The van der Waals surface area contributed by atoms with Crippen LogP contribution in [0.5, 0.6) is 0 Å². The highest BCUT2D eigenvalue weighted by Gasteiger charge is 2.24. The number of rotatable bonds is 5. The zero-order valence-corrected chi connectivity index (χ0v) is 12.3. The summed E-state index contributed by atoms with van der Waals surface area (Å²) in [6, 6.07) is 0.435. The molecule has 17 heavy (non-hydrogen) atoms. The van der Waals surface area contributed by atoms with Gasteiger partial charge in [0.25, 0.3) is 0 Å². The van der Waals surface area contributed by atoms with E-state index in [-0.39, 0.29) is 0 Å². The van der Waals surface area contributed by atoms with Crippen molar-refractivity contribution in [3.63, 3.8) is 0 Å². The maximum atomic E-state index is 4.32. The zero-order chi connectivity index (χ0) is 12.3. The molecule has 0 saturated heterocycles. The first-order valence-electron chi connectivity index (χ1n) is 6.63. The highest BCUT2D eigenvalue weighted by molar-refractivity contribution is 9.10. The van der Waals surface area contributed by atoms with Gasteiger partial charge < -0.3 is 5.32 Å². The highest BCUT2D eigenvalue weighted by atomic mass is 79.9. The second-order valence-corrected chi connectivity index (χ2v) is 5.85. The lowest BCUT2D eigenvalue weighted by atomic mass is 9.96. The lowest BCUT2D eigenvalue weighted by Gasteiger charge is -2.22. The van der Waals surface area contributed by atoms with Gasteiger partial charge in [-0.25, -0.2) is 0 Å². The summed E-state index contributed by atoms with van der Waals surface area (Å²) in [5, 5.41) is 7.93. The molecule has 96 valence electrons. The lowest BCUT2D eigenvalue weighted by Crippen LogP contribution is -2.25. The van der Waals surface area contributed by atoms with Crippen molar-refractivity contribution in [2.75, 3.05) is 6.54 Å². The molecule has 0 aromatic carbocycles. The van der Waals surface area contributed by atoms with Gasteiger partial charge in [-0.2, -0.15) is 5.10 Å². The van der Waals surface area contributed by atoms with E-state index in [9.17, 15) is 0 Å². The van der Waals surface area contributed by atoms with Crippen LogP contribution in [0.3, 0.4) is 0 Å². The van der Waals surface area contributed by atoms with Crippen LogP contribution in [0.4, 0.5) is 0 Å². The Morgan fingerprint density at radius 2 is 2.24 bits per heavy atom. The largest absolute Gasteiger partial charge is 0.309 e. The van der Waals surface area contributed by atoms with Crippen molar-refractivity contribution >= 4 is 15.9 Å². The van der Waals surface area contributed by atoms with Crippen LogP contribution in [0.1, 0.15) is 50.8 Å². The van der Waals surface area contributed by atoms with E-state index in [4.69, 9.17) is 0 Å². The van der Waals surface area contributed by atoms with Gasteiger partial charge in [-0.15, -0.1) is 0 Å². The van der Waals surface area contributed by atoms with Gasteiger partial charge >= 0.3 is 0 Å². The molecule has 1 fully saturated rings. The zero-order valence-electron chi connectivity index (χ0n) is 10.7. The minimum absolute atomic E-state index is 0.435. The average Bonchev–Trinajstić information content (AvgIpc) is 2.89. The molecule has 1 N–H and O–H groups in total. The van der Waals surface area contributed by atoms with E-state index in [1.165, 1.54) is 37.8 Å². The van der Waals surface area contributed by atoms with Crippen molar-refractivity contribution in [3.8, 4) is 0 Å². The third-order valence-electron chi connectivity index (χ3n) is 3.76. The van der Waals surface area contributed by atoms with Crippen molar-refractivity contribution < 1.29 is 0 Å². The van der Waals surface area contributed by atoms with Crippen LogP contribution >= 0.6 is 15.9 Å². The number of nitrogens with zero attached hydrogens (tertiary/aromatic N) is 2. The van der Waals surface area contributed by atoms with Gasteiger partial charge in [-0.1, -0.05) is 32.6 Å². The highest BCUT2D eigenvalue weighted by Crippen LogP contribution is 2.34. The predicted octanol–water partition coefficient (Wildman–Crippen LogP) is 3.41. The summed E-state index contributed by atoms with van der Waals surface area (Å²) in [6.07, 6.45) is 8.77. The number of hydrogen-bond acceptors (Lipinski definition) is 2. The van der Waals surface area contributed by atoms with Crippen LogP contribution in [-0.4, -0.2) is 16.3 Å². The fourth-order valence-corrected chi connectivity index (χ4v) is 3.55. The fraction of sp³-hybridized carbons (Fsp3) is 0.769. The van der Waals surface area contributed by atoms with Gasteiger partial charge in [0, 0.05) is 7.05 Å². The van der Waals surface area contributed by atoms with E-state index >= 15 is 0 Å². The Kier molecular flexibility index (Phi) is 4.62. The number of aromatic nitrogens is 2. The molecule has 1 aromatic rings. The molecule has 1 aliphatic rings. The van der Waals surface area contributed by atoms with E-state index in [0.717, 1.165) is 16.9 Å². The minimum atomic E-state index is 0.435. The van der Waals surface area contributed by atoms with Crippen molar-refractivity contribution in [3.05, 3.63) is 16.4 Å². The molecule has 4 heteroatoms. The second kappa shape index (κ2) is 6.01. The number of hydrogen-bond donors (Lipinski definition) is 1. The molecule has 1 saturated carbocycles. The van der Waals surface area contributed by atoms with Gasteiger partial charge in [0.05, 0.1) is 22.4 Å². The number of aryl methyl sites for hydroxylation is 1. The number of nitrogens with one attached hydrogen (secondary N) is 1. The Balaban J connectivity index is 2.10. The van der Waals surface area contributed by atoms with E-state index in [0.29, 0.717) is 6.04 Å². The topological polar surface area (TPSA) is 29.9 Å². The first kappa shape index (κ1) is 13.1. The van der Waals surface area contributed by atoms with Crippen LogP contribution in [-0.2, 0) is 7.05 Å². The SMILES string of the molecule is CCNC(CC1CCCC1)c1c(Br)cnn1C. The maximum absolute atomic E-state index is 4.32. The van der Waals surface area contributed by atoms with Crippen molar-refractivity contribution in [1.82, 2.24) is 15.1 Å². The first-order valence-corrected chi connectivity index (χ1v) is 7.42. The molecule has 1 atom stereocenters. The van der Waals surface area contributed by atoms with Crippen LogP contribution in [0.15, 0.2) is 10.7 Å². The van der Waals surface area contributed by atoms with Crippen LogP contribution in [0, 0.1) is 5.92 Å². The van der Waals surface area contributed by atoms with E-state index < -0.39 is 0 Å². The van der Waals surface area contributed by atoms with E-state index in [2.05, 4.69) is 33.3 Å². The summed E-state index contributed by atoms with van der Waals surface area (Å²) in [4.78, 5) is 0. The molecular weight excluding hydrogens is 278 g/mol.